The van der Waals surface area contributed by atoms with Crippen LogP contribution in [0.3, 0.4) is 0 Å². The van der Waals surface area contributed by atoms with Crippen LogP contribution in [0.1, 0.15) is 20.3 Å². The Morgan fingerprint density at radius 3 is 2.58 bits per heavy atom. The summed E-state index contributed by atoms with van der Waals surface area (Å²) in [4.78, 5) is 11.0. The predicted octanol–water partition coefficient (Wildman–Crippen LogP) is 1.56. The smallest absolute Gasteiger partial charge is 0.220 e. The molecule has 0 heterocycles. The molecule has 0 spiro atoms. The van der Waals surface area contributed by atoms with Crippen molar-refractivity contribution in [2.45, 2.75) is 25.0 Å². The van der Waals surface area contributed by atoms with E-state index in [1.807, 2.05) is 6.26 Å². The molecule has 2 nitrogen and oxygen atoms in total. The lowest BCUT2D eigenvalue weighted by molar-refractivity contribution is -0.120. The van der Waals surface area contributed by atoms with Crippen molar-refractivity contribution in [1.29, 1.82) is 0 Å². The zero-order valence-electron chi connectivity index (χ0n) is 7.89. The van der Waals surface area contributed by atoms with Gasteiger partial charge in [-0.15, -0.1) is 0 Å². The highest BCUT2D eigenvalue weighted by molar-refractivity contribution is 7.99. The average Bonchev–Trinajstić information content (AvgIpc) is 2.02. The summed E-state index contributed by atoms with van der Waals surface area (Å²) in [6.45, 7) is 4.94. The molecular formula is C8H17NOS2. The van der Waals surface area contributed by atoms with E-state index in [4.69, 9.17) is 0 Å². The molecule has 0 aromatic heterocycles. The molecule has 0 saturated heterocycles. The quantitative estimate of drug-likeness (QED) is 0.670. The van der Waals surface area contributed by atoms with E-state index in [9.17, 15) is 4.79 Å². The van der Waals surface area contributed by atoms with Crippen LogP contribution in [0, 0.1) is 0 Å². The van der Waals surface area contributed by atoms with Gasteiger partial charge in [-0.05, 0) is 25.9 Å². The van der Waals surface area contributed by atoms with Gasteiger partial charge in [0.05, 0.1) is 0 Å². The molecule has 12 heavy (non-hydrogen) atoms. The van der Waals surface area contributed by atoms with Crippen LogP contribution in [0.2, 0.25) is 0 Å². The van der Waals surface area contributed by atoms with Crippen LogP contribution < -0.4 is 5.32 Å². The lowest BCUT2D eigenvalue weighted by atomic mass is 10.2. The minimum Gasteiger partial charge on any atom is -0.355 e. The van der Waals surface area contributed by atoms with Crippen molar-refractivity contribution in [3.63, 3.8) is 0 Å². The maximum Gasteiger partial charge on any atom is 0.220 e. The van der Waals surface area contributed by atoms with E-state index in [0.29, 0.717) is 12.2 Å². The molecule has 0 aliphatic heterocycles. The van der Waals surface area contributed by atoms with Crippen LogP contribution in [0.5, 0.6) is 0 Å². The van der Waals surface area contributed by atoms with Crippen molar-refractivity contribution in [3.05, 3.63) is 0 Å². The molecule has 1 amide bonds. The van der Waals surface area contributed by atoms with E-state index >= 15 is 0 Å². The van der Waals surface area contributed by atoms with E-state index in [2.05, 4.69) is 31.8 Å². The lowest BCUT2D eigenvalue weighted by Gasteiger charge is -2.21. The standard InChI is InChI=1S/C8H17NOS2/c1-8(2,12-3)6-9-7(10)4-5-11/h11H,4-6H2,1-3H3,(H,9,10). The first-order valence-electron chi connectivity index (χ1n) is 3.94. The third-order valence-electron chi connectivity index (χ3n) is 1.60. The van der Waals surface area contributed by atoms with Gasteiger partial charge in [0.2, 0.25) is 5.91 Å². The van der Waals surface area contributed by atoms with Crippen LogP contribution in [0.4, 0.5) is 0 Å². The molecule has 0 atom stereocenters. The minimum absolute atomic E-state index is 0.0899. The van der Waals surface area contributed by atoms with Gasteiger partial charge in [0.25, 0.3) is 0 Å². The number of nitrogens with one attached hydrogen (secondary N) is 1. The second-order valence-electron chi connectivity index (χ2n) is 3.21. The van der Waals surface area contributed by atoms with E-state index in [1.165, 1.54) is 0 Å². The Morgan fingerprint density at radius 1 is 1.58 bits per heavy atom. The number of carbonyl (C=O) groups excluding carboxylic acids is 1. The van der Waals surface area contributed by atoms with E-state index in [0.717, 1.165) is 6.54 Å². The molecule has 0 unspecified atom stereocenters. The molecule has 0 radical (unpaired) electrons. The molecule has 0 aliphatic rings. The molecule has 0 fully saturated rings. The van der Waals surface area contributed by atoms with Crippen molar-refractivity contribution in [1.82, 2.24) is 5.32 Å². The Morgan fingerprint density at radius 2 is 2.17 bits per heavy atom. The van der Waals surface area contributed by atoms with E-state index < -0.39 is 0 Å². The summed E-state index contributed by atoms with van der Waals surface area (Å²) in [5.41, 5.74) is 0. The SMILES string of the molecule is CSC(C)(C)CNC(=O)CCS. The normalized spacial score (nSPS) is 11.3. The number of thiol groups is 1. The van der Waals surface area contributed by atoms with Crippen LogP contribution in [-0.4, -0.2) is 29.2 Å². The van der Waals surface area contributed by atoms with Crippen molar-refractivity contribution in [3.8, 4) is 0 Å². The average molecular weight is 207 g/mol. The molecule has 0 aromatic rings. The molecule has 72 valence electrons. The molecule has 0 rings (SSSR count). The number of amides is 1. The summed E-state index contributed by atoms with van der Waals surface area (Å²) in [6, 6.07) is 0. The molecule has 4 heteroatoms. The van der Waals surface area contributed by atoms with E-state index in [1.54, 1.807) is 11.8 Å². The Hall–Kier alpha value is 0.170. The largest absolute Gasteiger partial charge is 0.355 e. The van der Waals surface area contributed by atoms with Crippen molar-refractivity contribution in [2.75, 3.05) is 18.6 Å². The third-order valence-corrected chi connectivity index (χ3v) is 3.08. The molecule has 0 bridgehead atoms. The summed E-state index contributed by atoms with van der Waals surface area (Å²) >= 11 is 5.74. The zero-order chi connectivity index (χ0) is 9.61. The maximum atomic E-state index is 11.0. The van der Waals surface area contributed by atoms with Gasteiger partial charge in [-0.3, -0.25) is 4.79 Å². The van der Waals surface area contributed by atoms with Crippen LogP contribution >= 0.6 is 24.4 Å². The van der Waals surface area contributed by atoms with Gasteiger partial charge in [-0.25, -0.2) is 0 Å². The van der Waals surface area contributed by atoms with Gasteiger partial charge in [0.15, 0.2) is 0 Å². The van der Waals surface area contributed by atoms with Gasteiger partial charge in [0, 0.05) is 17.7 Å². The van der Waals surface area contributed by atoms with Gasteiger partial charge < -0.3 is 5.32 Å². The highest BCUT2D eigenvalue weighted by Crippen LogP contribution is 2.19. The van der Waals surface area contributed by atoms with E-state index in [-0.39, 0.29) is 10.7 Å². The van der Waals surface area contributed by atoms with Crippen molar-refractivity contribution >= 4 is 30.3 Å². The molecule has 0 aliphatic carbocycles. The molecule has 0 aromatic carbocycles. The number of rotatable bonds is 5. The van der Waals surface area contributed by atoms with Gasteiger partial charge >= 0.3 is 0 Å². The summed E-state index contributed by atoms with van der Waals surface area (Å²) in [7, 11) is 0. The second kappa shape index (κ2) is 5.75. The Balaban J connectivity index is 3.60. The first-order valence-corrected chi connectivity index (χ1v) is 5.80. The summed E-state index contributed by atoms with van der Waals surface area (Å²) in [5, 5.41) is 2.87. The molecule has 0 saturated carbocycles. The van der Waals surface area contributed by atoms with Crippen LogP contribution in [0.15, 0.2) is 0 Å². The molecule has 1 N–H and O–H groups in total. The van der Waals surface area contributed by atoms with Gasteiger partial charge in [-0.1, -0.05) is 0 Å². The second-order valence-corrected chi connectivity index (χ2v) is 5.17. The van der Waals surface area contributed by atoms with Gasteiger partial charge in [-0.2, -0.15) is 24.4 Å². The number of hydrogen-bond donors (Lipinski definition) is 2. The summed E-state index contributed by atoms with van der Waals surface area (Å²) in [5.74, 6) is 0.707. The lowest BCUT2D eigenvalue weighted by Crippen LogP contribution is -2.36. The van der Waals surface area contributed by atoms with Crippen LogP contribution in [-0.2, 0) is 4.79 Å². The van der Waals surface area contributed by atoms with Gasteiger partial charge in [0.1, 0.15) is 0 Å². The number of hydrogen-bond acceptors (Lipinski definition) is 3. The third kappa shape index (κ3) is 5.77. The first-order chi connectivity index (χ1) is 5.52. The highest BCUT2D eigenvalue weighted by atomic mass is 32.2. The van der Waals surface area contributed by atoms with Crippen molar-refractivity contribution in [2.24, 2.45) is 0 Å². The minimum atomic E-state index is 0.0899. The zero-order valence-corrected chi connectivity index (χ0v) is 9.60. The Kier molecular flexibility index (Phi) is 5.84. The first kappa shape index (κ1) is 12.2. The Bertz CT molecular complexity index is 148. The predicted molar refractivity (Wildman–Crippen MR) is 59.1 cm³/mol. The topological polar surface area (TPSA) is 29.1 Å². The molecular weight excluding hydrogens is 190 g/mol. The summed E-state index contributed by atoms with van der Waals surface area (Å²) in [6.07, 6.45) is 2.55. The maximum absolute atomic E-state index is 11.0. The fourth-order valence-electron chi connectivity index (χ4n) is 0.574. The fraction of sp³-hybridized carbons (Fsp3) is 0.875. The Labute approximate surface area is 84.3 Å². The fourth-order valence-corrected chi connectivity index (χ4v) is 0.993. The highest BCUT2D eigenvalue weighted by Gasteiger charge is 2.16. The number of thioether (sulfide) groups is 1. The van der Waals surface area contributed by atoms with Crippen LogP contribution in [0.25, 0.3) is 0 Å². The van der Waals surface area contributed by atoms with Crippen molar-refractivity contribution < 1.29 is 4.79 Å². The number of carbonyl (C=O) groups is 1. The monoisotopic (exact) mass is 207 g/mol. The summed E-state index contributed by atoms with van der Waals surface area (Å²) < 4.78 is 0.131.